The Balaban J connectivity index is 1.58. The lowest BCUT2D eigenvalue weighted by Gasteiger charge is -2.23. The van der Waals surface area contributed by atoms with Crippen molar-refractivity contribution >= 4 is 46.0 Å². The van der Waals surface area contributed by atoms with Crippen molar-refractivity contribution in [3.63, 3.8) is 0 Å². The molecule has 0 saturated heterocycles. The van der Waals surface area contributed by atoms with Crippen molar-refractivity contribution in [1.82, 2.24) is 15.0 Å². The average Bonchev–Trinajstić information content (AvgIpc) is 3.42. The van der Waals surface area contributed by atoms with Crippen LogP contribution in [-0.4, -0.2) is 45.4 Å². The second-order valence-electron chi connectivity index (χ2n) is 9.60. The number of aryl methyl sites for hydroxylation is 2. The number of nitrogen functional groups attached to an aromatic ring is 1. The van der Waals surface area contributed by atoms with E-state index in [4.69, 9.17) is 10.5 Å². The normalized spacial score (nSPS) is 12.4. The number of nitrogens with zero attached hydrogens (tertiary/aromatic N) is 1. The van der Waals surface area contributed by atoms with Crippen molar-refractivity contribution in [2.75, 3.05) is 12.8 Å². The van der Waals surface area contributed by atoms with Gasteiger partial charge in [0.1, 0.15) is 11.2 Å². The molecule has 0 bridgehead atoms. The number of Topliss-reactive ketones (excluding diaryl/α,β-unsaturated/α-hetero) is 1. The smallest absolute Gasteiger partial charge is 0.309 e. The summed E-state index contributed by atoms with van der Waals surface area (Å²) in [6.07, 6.45) is 2.42. The number of carbonyl (C=O) groups excluding carboxylic acids is 3. The molecule has 3 aromatic heterocycles. The highest BCUT2D eigenvalue weighted by Gasteiger charge is 2.28. The number of aromatic amines is 2. The Hall–Kier alpha value is -3.47. The summed E-state index contributed by atoms with van der Waals surface area (Å²) in [6, 6.07) is 5.45. The zero-order chi connectivity index (χ0) is 26.5. The minimum atomic E-state index is -0.728. The number of fused-ring (bicyclic) bond motifs is 1. The van der Waals surface area contributed by atoms with Gasteiger partial charge in [-0.1, -0.05) is 0 Å². The molecular formula is C25H32N4O6S. The molecule has 0 aliphatic heterocycles. The molecule has 0 aliphatic carbocycles. The summed E-state index contributed by atoms with van der Waals surface area (Å²) in [4.78, 5) is 60.5. The molecule has 0 saturated carbocycles. The van der Waals surface area contributed by atoms with E-state index in [0.29, 0.717) is 22.3 Å². The number of nitrogens with one attached hydrogen (secondary N) is 2. The standard InChI is InChI=1S/C25H32N4O6S/c1-25(2,3)35-23(33)14(8-11-20(31)34-4)12-18(30)19-10-9-16(36-19)7-5-6-15-13-17-21(27-15)28-24(26)29-22(17)32/h9-10,13-14H,5-8,11-12H2,1-4H3,(H4,26,27,28,29,32)/t14-/m1/s1. The lowest BCUT2D eigenvalue weighted by molar-refractivity contribution is -0.160. The number of hydrogen-bond donors (Lipinski definition) is 3. The molecule has 0 radical (unpaired) electrons. The van der Waals surface area contributed by atoms with E-state index in [2.05, 4.69) is 19.7 Å². The number of nitrogens with two attached hydrogens (primary N) is 1. The third-order valence-electron chi connectivity index (χ3n) is 5.47. The van der Waals surface area contributed by atoms with Crippen LogP contribution in [-0.2, 0) is 31.9 Å². The summed E-state index contributed by atoms with van der Waals surface area (Å²) in [7, 11) is 1.29. The zero-order valence-corrected chi connectivity index (χ0v) is 21.8. The molecule has 3 aromatic rings. The summed E-state index contributed by atoms with van der Waals surface area (Å²) in [6.45, 7) is 5.28. The molecule has 0 spiro atoms. The van der Waals surface area contributed by atoms with Crippen LogP contribution >= 0.6 is 11.3 Å². The van der Waals surface area contributed by atoms with Gasteiger partial charge in [0.25, 0.3) is 5.56 Å². The molecule has 0 unspecified atom stereocenters. The van der Waals surface area contributed by atoms with Crippen molar-refractivity contribution in [3.8, 4) is 0 Å². The summed E-state index contributed by atoms with van der Waals surface area (Å²) in [5, 5.41) is 0.468. The monoisotopic (exact) mass is 516 g/mol. The van der Waals surface area contributed by atoms with Gasteiger partial charge in [-0.2, -0.15) is 4.98 Å². The maximum atomic E-state index is 12.9. The quantitative estimate of drug-likeness (QED) is 0.258. The Morgan fingerprint density at radius 3 is 2.61 bits per heavy atom. The van der Waals surface area contributed by atoms with Gasteiger partial charge in [-0.05, 0) is 64.7 Å². The van der Waals surface area contributed by atoms with Gasteiger partial charge >= 0.3 is 11.9 Å². The minimum absolute atomic E-state index is 0.0329. The van der Waals surface area contributed by atoms with Crippen molar-refractivity contribution in [2.45, 2.75) is 64.9 Å². The van der Waals surface area contributed by atoms with Gasteiger partial charge in [0.05, 0.1) is 23.3 Å². The van der Waals surface area contributed by atoms with Crippen LogP contribution in [0.2, 0.25) is 0 Å². The first-order valence-corrected chi connectivity index (χ1v) is 12.6. The highest BCUT2D eigenvalue weighted by atomic mass is 32.1. The number of anilines is 1. The minimum Gasteiger partial charge on any atom is -0.469 e. The topological polar surface area (TPSA) is 157 Å². The SMILES string of the molecule is COC(=O)CC[C@H](CC(=O)c1ccc(CCCc2cc3c(=O)[nH]c(N)nc3[nH]2)s1)C(=O)OC(C)(C)C. The van der Waals surface area contributed by atoms with E-state index in [1.165, 1.54) is 18.4 Å². The molecule has 0 fully saturated rings. The summed E-state index contributed by atoms with van der Waals surface area (Å²) in [5.41, 5.74) is 5.96. The number of aromatic nitrogens is 3. The average molecular weight is 517 g/mol. The van der Waals surface area contributed by atoms with Crippen molar-refractivity contribution in [1.29, 1.82) is 0 Å². The summed E-state index contributed by atoms with van der Waals surface area (Å²) in [5.74, 6) is -1.76. The molecule has 0 amide bonds. The number of methoxy groups -OCH3 is 1. The Morgan fingerprint density at radius 2 is 1.92 bits per heavy atom. The van der Waals surface area contributed by atoms with Crippen LogP contribution < -0.4 is 11.3 Å². The van der Waals surface area contributed by atoms with Crippen LogP contribution in [0, 0.1) is 5.92 Å². The van der Waals surface area contributed by atoms with Crippen LogP contribution in [0.3, 0.4) is 0 Å². The predicted molar refractivity (Wildman–Crippen MR) is 137 cm³/mol. The van der Waals surface area contributed by atoms with Crippen molar-refractivity contribution in [2.24, 2.45) is 5.92 Å². The van der Waals surface area contributed by atoms with Crippen LogP contribution in [0.25, 0.3) is 11.0 Å². The third kappa shape index (κ3) is 7.51. The molecule has 3 rings (SSSR count). The number of thiophene rings is 1. The van der Waals surface area contributed by atoms with Crippen LogP contribution in [0.5, 0.6) is 0 Å². The maximum Gasteiger partial charge on any atom is 0.309 e. The fourth-order valence-electron chi connectivity index (χ4n) is 3.75. The van der Waals surface area contributed by atoms with Gasteiger partial charge in [-0.25, -0.2) is 0 Å². The van der Waals surface area contributed by atoms with E-state index >= 15 is 0 Å². The van der Waals surface area contributed by atoms with Gasteiger partial charge < -0.3 is 20.2 Å². The van der Waals surface area contributed by atoms with Gasteiger partial charge in [0.2, 0.25) is 5.95 Å². The molecule has 1 atom stereocenters. The number of hydrogen-bond acceptors (Lipinski definition) is 9. The molecule has 3 heterocycles. The van der Waals surface area contributed by atoms with E-state index < -0.39 is 23.5 Å². The number of carbonyl (C=O) groups is 3. The lowest BCUT2D eigenvalue weighted by atomic mass is 9.96. The highest BCUT2D eigenvalue weighted by molar-refractivity contribution is 7.14. The highest BCUT2D eigenvalue weighted by Crippen LogP contribution is 2.25. The number of ether oxygens (including phenoxy) is 2. The van der Waals surface area contributed by atoms with Crippen LogP contribution in [0.4, 0.5) is 5.95 Å². The molecular weight excluding hydrogens is 484 g/mol. The van der Waals surface area contributed by atoms with E-state index in [1.807, 2.05) is 6.07 Å². The first-order valence-electron chi connectivity index (χ1n) is 11.7. The van der Waals surface area contributed by atoms with Gasteiger partial charge in [-0.15, -0.1) is 11.3 Å². The molecule has 0 aliphatic rings. The zero-order valence-electron chi connectivity index (χ0n) is 20.9. The Bertz CT molecular complexity index is 1300. The first kappa shape index (κ1) is 27.1. The first-order chi connectivity index (χ1) is 16.9. The van der Waals surface area contributed by atoms with Gasteiger partial charge in [0.15, 0.2) is 5.78 Å². The second-order valence-corrected chi connectivity index (χ2v) is 10.8. The molecule has 194 valence electrons. The van der Waals surface area contributed by atoms with Crippen LogP contribution in [0.15, 0.2) is 23.0 Å². The van der Waals surface area contributed by atoms with E-state index in [0.717, 1.165) is 23.4 Å². The fraction of sp³-hybridized carbons (Fsp3) is 0.480. The van der Waals surface area contributed by atoms with E-state index in [-0.39, 0.29) is 36.6 Å². The largest absolute Gasteiger partial charge is 0.469 e. The lowest BCUT2D eigenvalue weighted by Crippen LogP contribution is -2.30. The Morgan fingerprint density at radius 1 is 1.17 bits per heavy atom. The number of rotatable bonds is 11. The summed E-state index contributed by atoms with van der Waals surface area (Å²) >= 11 is 1.39. The molecule has 0 aromatic carbocycles. The molecule has 10 nitrogen and oxygen atoms in total. The van der Waals surface area contributed by atoms with E-state index in [9.17, 15) is 19.2 Å². The Kier molecular flexibility index (Phi) is 8.67. The van der Waals surface area contributed by atoms with Crippen LogP contribution in [0.1, 0.15) is 66.7 Å². The fourth-order valence-corrected chi connectivity index (χ4v) is 4.75. The molecule has 11 heteroatoms. The second kappa shape index (κ2) is 11.5. The van der Waals surface area contributed by atoms with Crippen molar-refractivity contribution in [3.05, 3.63) is 44.0 Å². The van der Waals surface area contributed by atoms with Gasteiger partial charge in [0, 0.05) is 23.4 Å². The number of H-pyrrole nitrogens is 2. The molecule has 36 heavy (non-hydrogen) atoms. The number of ketones is 1. The predicted octanol–water partition coefficient (Wildman–Crippen LogP) is 3.55. The summed E-state index contributed by atoms with van der Waals surface area (Å²) < 4.78 is 10.1. The van der Waals surface area contributed by atoms with E-state index in [1.54, 1.807) is 32.9 Å². The number of esters is 2. The van der Waals surface area contributed by atoms with Gasteiger partial charge in [-0.3, -0.25) is 24.2 Å². The van der Waals surface area contributed by atoms with Crippen molar-refractivity contribution < 1.29 is 23.9 Å². The Labute approximate surface area is 212 Å². The third-order valence-corrected chi connectivity index (χ3v) is 6.66. The maximum absolute atomic E-state index is 12.9. The molecule has 4 N–H and O–H groups in total.